The molecule has 0 aliphatic carbocycles. The van der Waals surface area contributed by atoms with Gasteiger partial charge in [-0.2, -0.15) is 0 Å². The van der Waals surface area contributed by atoms with Crippen molar-refractivity contribution >= 4 is 12.6 Å². The molecular formula is C6H8O3. The lowest BCUT2D eigenvalue weighted by Crippen LogP contribution is -1.88. The van der Waals surface area contributed by atoms with E-state index >= 15 is 0 Å². The quantitative estimate of drug-likeness (QED) is 0.180. The second-order valence-corrected chi connectivity index (χ2v) is 1.31. The first-order chi connectivity index (χ1) is 4.35. The van der Waals surface area contributed by atoms with Crippen LogP contribution in [-0.2, 0) is 14.3 Å². The average molecular weight is 128 g/mol. The Morgan fingerprint density at radius 3 is 2.33 bits per heavy atom. The van der Waals surface area contributed by atoms with Crippen LogP contribution in [0.4, 0.5) is 0 Å². The van der Waals surface area contributed by atoms with E-state index in [0.29, 0.717) is 19.2 Å². The van der Waals surface area contributed by atoms with Gasteiger partial charge in [-0.05, 0) is 6.92 Å². The molecule has 0 aliphatic rings. The van der Waals surface area contributed by atoms with Crippen molar-refractivity contribution in [1.82, 2.24) is 0 Å². The van der Waals surface area contributed by atoms with Gasteiger partial charge >= 0.3 is 0 Å². The normalized spacial score (nSPS) is 7.67. The Balaban J connectivity index is 3.75. The molecule has 0 rings (SSSR count). The molecule has 3 heteroatoms. The summed E-state index contributed by atoms with van der Waals surface area (Å²) < 4.78 is 4.65. The van der Waals surface area contributed by atoms with Gasteiger partial charge in [0.25, 0.3) is 0 Å². The lowest BCUT2D eigenvalue weighted by Gasteiger charge is -1.90. The van der Waals surface area contributed by atoms with E-state index in [4.69, 9.17) is 0 Å². The van der Waals surface area contributed by atoms with Crippen molar-refractivity contribution in [3.63, 3.8) is 0 Å². The summed E-state index contributed by atoms with van der Waals surface area (Å²) in [6.07, 6.45) is 2.03. The van der Waals surface area contributed by atoms with Crippen LogP contribution in [0.3, 0.4) is 0 Å². The molecule has 0 atom stereocenters. The van der Waals surface area contributed by atoms with E-state index in [0.717, 1.165) is 6.26 Å². The minimum atomic E-state index is 0.0249. The smallest absolute Gasteiger partial charge is 0.156 e. The van der Waals surface area contributed by atoms with Gasteiger partial charge in [-0.25, -0.2) is 0 Å². The van der Waals surface area contributed by atoms with Gasteiger partial charge in [-0.15, -0.1) is 0 Å². The molecule has 0 aromatic rings. The Hall–Kier alpha value is -1.12. The molecule has 0 heterocycles. The van der Waals surface area contributed by atoms with Crippen LogP contribution < -0.4 is 0 Å². The maximum Gasteiger partial charge on any atom is 0.156 e. The van der Waals surface area contributed by atoms with Gasteiger partial charge in [-0.3, -0.25) is 9.59 Å². The lowest BCUT2D eigenvalue weighted by atomic mass is 10.4. The molecule has 0 saturated heterocycles. The van der Waals surface area contributed by atoms with Crippen LogP contribution in [0.1, 0.15) is 6.92 Å². The van der Waals surface area contributed by atoms with Gasteiger partial charge < -0.3 is 4.74 Å². The monoisotopic (exact) mass is 128 g/mol. The third-order valence-corrected chi connectivity index (χ3v) is 0.658. The molecule has 0 aromatic heterocycles. The van der Waals surface area contributed by atoms with Crippen molar-refractivity contribution in [2.45, 2.75) is 6.92 Å². The molecule has 0 fully saturated rings. The molecule has 3 nitrogen and oxygen atoms in total. The van der Waals surface area contributed by atoms with Crippen LogP contribution in [0.25, 0.3) is 0 Å². The van der Waals surface area contributed by atoms with Crippen molar-refractivity contribution in [3.8, 4) is 0 Å². The number of aldehydes is 2. The zero-order valence-corrected chi connectivity index (χ0v) is 5.16. The zero-order valence-electron chi connectivity index (χ0n) is 5.16. The minimum Gasteiger partial charge on any atom is -0.501 e. The fraction of sp³-hybridized carbons (Fsp3) is 0.333. The zero-order chi connectivity index (χ0) is 7.11. The molecule has 0 amide bonds. The molecule has 0 aliphatic heterocycles. The van der Waals surface area contributed by atoms with E-state index in [1.54, 1.807) is 6.92 Å². The Kier molecular flexibility index (Phi) is 4.40. The van der Waals surface area contributed by atoms with E-state index in [-0.39, 0.29) is 5.57 Å². The van der Waals surface area contributed by atoms with E-state index < -0.39 is 0 Å². The highest BCUT2D eigenvalue weighted by Crippen LogP contribution is 1.83. The van der Waals surface area contributed by atoms with Gasteiger partial charge in [0.1, 0.15) is 0 Å². The van der Waals surface area contributed by atoms with Crippen molar-refractivity contribution in [3.05, 3.63) is 11.8 Å². The van der Waals surface area contributed by atoms with Crippen molar-refractivity contribution in [1.29, 1.82) is 0 Å². The Morgan fingerprint density at radius 2 is 2.00 bits per heavy atom. The van der Waals surface area contributed by atoms with Gasteiger partial charge in [-0.1, -0.05) is 0 Å². The summed E-state index contributed by atoms with van der Waals surface area (Å²) in [5, 5.41) is 0. The highest BCUT2D eigenvalue weighted by molar-refractivity contribution is 5.98. The van der Waals surface area contributed by atoms with Crippen LogP contribution >= 0.6 is 0 Å². The van der Waals surface area contributed by atoms with E-state index in [1.165, 1.54) is 0 Å². The maximum atomic E-state index is 9.86. The summed E-state index contributed by atoms with van der Waals surface area (Å²) in [7, 11) is 0. The van der Waals surface area contributed by atoms with Crippen LogP contribution in [-0.4, -0.2) is 19.2 Å². The standard InChI is InChI=1S/C6H8O3/c1-2-9-5-6(3-7)4-8/h3-5H,2H2,1H3. The van der Waals surface area contributed by atoms with Crippen LogP contribution in [0.15, 0.2) is 11.8 Å². The van der Waals surface area contributed by atoms with Crippen LogP contribution in [0.2, 0.25) is 0 Å². The summed E-state index contributed by atoms with van der Waals surface area (Å²) in [6.45, 7) is 2.23. The number of hydrogen-bond donors (Lipinski definition) is 0. The first kappa shape index (κ1) is 7.88. The fourth-order valence-electron chi connectivity index (χ4n) is 0.263. The summed E-state index contributed by atoms with van der Waals surface area (Å²) in [5.41, 5.74) is 0.0249. The van der Waals surface area contributed by atoms with E-state index in [9.17, 15) is 9.59 Å². The number of hydrogen-bond acceptors (Lipinski definition) is 3. The molecule has 0 saturated carbocycles. The van der Waals surface area contributed by atoms with Gasteiger partial charge in [0.05, 0.1) is 18.4 Å². The summed E-state index contributed by atoms with van der Waals surface area (Å²) in [5.74, 6) is 0. The van der Waals surface area contributed by atoms with Crippen molar-refractivity contribution in [2.24, 2.45) is 0 Å². The third kappa shape index (κ3) is 3.46. The largest absolute Gasteiger partial charge is 0.501 e. The highest BCUT2D eigenvalue weighted by atomic mass is 16.5. The highest BCUT2D eigenvalue weighted by Gasteiger charge is 1.88. The molecule has 0 radical (unpaired) electrons. The number of ether oxygens (including phenoxy) is 1. The average Bonchev–Trinajstić information content (AvgIpc) is 1.91. The predicted molar refractivity (Wildman–Crippen MR) is 31.8 cm³/mol. The SMILES string of the molecule is CCOC=C(C=O)C=O. The van der Waals surface area contributed by atoms with E-state index in [2.05, 4.69) is 4.74 Å². The molecule has 9 heavy (non-hydrogen) atoms. The van der Waals surface area contributed by atoms with Crippen LogP contribution in [0.5, 0.6) is 0 Å². The molecule has 0 spiro atoms. The molecule has 50 valence electrons. The van der Waals surface area contributed by atoms with Gasteiger partial charge in [0, 0.05) is 0 Å². The maximum absolute atomic E-state index is 9.86. The molecule has 0 aromatic carbocycles. The Labute approximate surface area is 53.3 Å². The molecule has 0 bridgehead atoms. The lowest BCUT2D eigenvalue weighted by molar-refractivity contribution is -0.109. The topological polar surface area (TPSA) is 43.4 Å². The van der Waals surface area contributed by atoms with Gasteiger partial charge in [0.15, 0.2) is 12.6 Å². The number of carbonyl (C=O) groups is 2. The Morgan fingerprint density at radius 1 is 1.44 bits per heavy atom. The summed E-state index contributed by atoms with van der Waals surface area (Å²) >= 11 is 0. The van der Waals surface area contributed by atoms with Gasteiger partial charge in [0.2, 0.25) is 0 Å². The fourth-order valence-corrected chi connectivity index (χ4v) is 0.263. The molecule has 0 unspecified atom stereocenters. The second kappa shape index (κ2) is 5.03. The van der Waals surface area contributed by atoms with Crippen molar-refractivity contribution < 1.29 is 14.3 Å². The minimum absolute atomic E-state index is 0.0249. The summed E-state index contributed by atoms with van der Waals surface area (Å²) in [4.78, 5) is 19.7. The van der Waals surface area contributed by atoms with Crippen LogP contribution in [0, 0.1) is 0 Å². The second-order valence-electron chi connectivity index (χ2n) is 1.31. The summed E-state index contributed by atoms with van der Waals surface area (Å²) in [6, 6.07) is 0. The molecular weight excluding hydrogens is 120 g/mol. The predicted octanol–water partition coefficient (Wildman–Crippen LogP) is 0.305. The number of carbonyl (C=O) groups excluding carboxylic acids is 2. The first-order valence-electron chi connectivity index (χ1n) is 2.57. The van der Waals surface area contributed by atoms with E-state index in [1.807, 2.05) is 0 Å². The number of rotatable bonds is 4. The third-order valence-electron chi connectivity index (χ3n) is 0.658. The first-order valence-corrected chi connectivity index (χ1v) is 2.57. The Bertz CT molecular complexity index is 116. The van der Waals surface area contributed by atoms with Crippen molar-refractivity contribution in [2.75, 3.05) is 6.61 Å². The molecule has 0 N–H and O–H groups in total. The number of allylic oxidation sites excluding steroid dienone is 1.